The predicted molar refractivity (Wildman–Crippen MR) is 65.2 cm³/mol. The first-order valence-corrected chi connectivity index (χ1v) is 7.11. The van der Waals surface area contributed by atoms with Crippen LogP contribution in [0.3, 0.4) is 0 Å². The van der Waals surface area contributed by atoms with Crippen LogP contribution >= 0.6 is 11.6 Å². The molecule has 0 spiro atoms. The van der Waals surface area contributed by atoms with Gasteiger partial charge in [-0.3, -0.25) is 4.18 Å². The first-order valence-electron chi connectivity index (χ1n) is 4.92. The van der Waals surface area contributed by atoms with Gasteiger partial charge in [-0.05, 0) is 24.1 Å². The Bertz CT molecular complexity index is 522. The summed E-state index contributed by atoms with van der Waals surface area (Å²) in [5.74, 6) is -0.421. The van der Waals surface area contributed by atoms with E-state index in [1.165, 1.54) is 0 Å². The third kappa shape index (κ3) is 5.18. The van der Waals surface area contributed by atoms with Gasteiger partial charge < -0.3 is 0 Å². The Morgan fingerprint density at radius 1 is 1.53 bits per heavy atom. The average Bonchev–Trinajstić information content (AvgIpc) is 2.23. The SMILES string of the molecule is CS(=O)(=O)OCCC(C#N)c1cccc(Cl)c1. The summed E-state index contributed by atoms with van der Waals surface area (Å²) in [5, 5.41) is 9.55. The van der Waals surface area contributed by atoms with Crippen molar-refractivity contribution in [3.8, 4) is 6.07 Å². The van der Waals surface area contributed by atoms with Crippen LogP contribution in [-0.4, -0.2) is 21.3 Å². The molecule has 1 atom stereocenters. The second-order valence-corrected chi connectivity index (χ2v) is 5.63. The van der Waals surface area contributed by atoms with Gasteiger partial charge in [0.25, 0.3) is 10.1 Å². The third-order valence-electron chi connectivity index (χ3n) is 2.11. The van der Waals surface area contributed by atoms with E-state index in [9.17, 15) is 8.42 Å². The molecule has 0 N–H and O–H groups in total. The fourth-order valence-electron chi connectivity index (χ4n) is 1.35. The molecule has 92 valence electrons. The van der Waals surface area contributed by atoms with E-state index in [1.807, 2.05) is 0 Å². The number of benzene rings is 1. The Balaban J connectivity index is 2.65. The van der Waals surface area contributed by atoms with Crippen LogP contribution in [0.25, 0.3) is 0 Å². The molecule has 0 fully saturated rings. The molecule has 1 unspecified atom stereocenters. The van der Waals surface area contributed by atoms with Gasteiger partial charge in [-0.25, -0.2) is 0 Å². The maximum absolute atomic E-state index is 10.8. The summed E-state index contributed by atoms with van der Waals surface area (Å²) in [5.41, 5.74) is 0.761. The van der Waals surface area contributed by atoms with Gasteiger partial charge in [0.2, 0.25) is 0 Å². The van der Waals surface area contributed by atoms with Crippen LogP contribution < -0.4 is 0 Å². The quantitative estimate of drug-likeness (QED) is 0.772. The molecule has 1 rings (SSSR count). The van der Waals surface area contributed by atoms with Gasteiger partial charge in [0.05, 0.1) is 24.8 Å². The highest BCUT2D eigenvalue weighted by molar-refractivity contribution is 7.85. The number of nitrogens with zero attached hydrogens (tertiary/aromatic N) is 1. The van der Waals surface area contributed by atoms with E-state index in [0.717, 1.165) is 11.8 Å². The Labute approximate surface area is 106 Å². The number of halogens is 1. The molecular formula is C11H12ClNO3S. The van der Waals surface area contributed by atoms with Gasteiger partial charge in [0.15, 0.2) is 0 Å². The minimum atomic E-state index is -3.45. The van der Waals surface area contributed by atoms with Crippen molar-refractivity contribution in [1.82, 2.24) is 0 Å². The Morgan fingerprint density at radius 3 is 2.76 bits per heavy atom. The molecule has 0 radical (unpaired) electrons. The van der Waals surface area contributed by atoms with Crippen LogP contribution in [-0.2, 0) is 14.3 Å². The predicted octanol–water partition coefficient (Wildman–Crippen LogP) is 2.31. The second-order valence-electron chi connectivity index (χ2n) is 3.55. The van der Waals surface area contributed by atoms with Crippen LogP contribution in [0.15, 0.2) is 24.3 Å². The minimum absolute atomic E-state index is 0.0103. The lowest BCUT2D eigenvalue weighted by atomic mass is 9.98. The molecule has 0 aliphatic heterocycles. The van der Waals surface area contributed by atoms with Crippen molar-refractivity contribution >= 4 is 21.7 Å². The summed E-state index contributed by atoms with van der Waals surface area (Å²) in [6, 6.07) is 9.03. The van der Waals surface area contributed by atoms with E-state index in [0.29, 0.717) is 11.4 Å². The molecular weight excluding hydrogens is 262 g/mol. The molecule has 17 heavy (non-hydrogen) atoms. The highest BCUT2D eigenvalue weighted by Gasteiger charge is 2.12. The van der Waals surface area contributed by atoms with Crippen molar-refractivity contribution in [3.05, 3.63) is 34.9 Å². The van der Waals surface area contributed by atoms with Crippen molar-refractivity contribution in [2.75, 3.05) is 12.9 Å². The van der Waals surface area contributed by atoms with Crippen molar-refractivity contribution in [2.24, 2.45) is 0 Å². The highest BCUT2D eigenvalue weighted by Crippen LogP contribution is 2.22. The molecule has 1 aromatic rings. The molecule has 0 aromatic heterocycles. The molecule has 0 amide bonds. The van der Waals surface area contributed by atoms with Gasteiger partial charge in [0.1, 0.15) is 0 Å². The van der Waals surface area contributed by atoms with Crippen LogP contribution in [0.5, 0.6) is 0 Å². The lowest BCUT2D eigenvalue weighted by Crippen LogP contribution is -2.07. The summed E-state index contributed by atoms with van der Waals surface area (Å²) in [6.45, 7) is -0.0103. The van der Waals surface area contributed by atoms with Crippen LogP contribution in [0.2, 0.25) is 5.02 Å². The molecule has 0 saturated carbocycles. The molecule has 0 bridgehead atoms. The first-order chi connectivity index (χ1) is 7.92. The van der Waals surface area contributed by atoms with E-state index in [4.69, 9.17) is 16.9 Å². The molecule has 0 saturated heterocycles. The van der Waals surface area contributed by atoms with Crippen molar-refractivity contribution < 1.29 is 12.6 Å². The molecule has 0 aliphatic carbocycles. The zero-order chi connectivity index (χ0) is 12.9. The van der Waals surface area contributed by atoms with E-state index < -0.39 is 16.0 Å². The maximum atomic E-state index is 10.8. The summed E-state index contributed by atoms with van der Waals surface area (Å²) < 4.78 is 26.1. The van der Waals surface area contributed by atoms with Crippen molar-refractivity contribution in [1.29, 1.82) is 5.26 Å². The van der Waals surface area contributed by atoms with Crippen LogP contribution in [0.1, 0.15) is 17.9 Å². The zero-order valence-electron chi connectivity index (χ0n) is 9.26. The average molecular weight is 274 g/mol. The van der Waals surface area contributed by atoms with Crippen LogP contribution in [0, 0.1) is 11.3 Å². The Kier molecular flexibility index (Phi) is 4.94. The fourth-order valence-corrected chi connectivity index (χ4v) is 1.94. The van der Waals surface area contributed by atoms with Gasteiger partial charge in [-0.15, -0.1) is 0 Å². The standard InChI is InChI=1S/C11H12ClNO3S/c1-17(14,15)16-6-5-10(8-13)9-3-2-4-11(12)7-9/h2-4,7,10H,5-6H2,1H3. The van der Waals surface area contributed by atoms with Gasteiger partial charge in [-0.2, -0.15) is 13.7 Å². The number of hydrogen-bond donors (Lipinski definition) is 0. The largest absolute Gasteiger partial charge is 0.270 e. The minimum Gasteiger partial charge on any atom is -0.270 e. The Morgan fingerprint density at radius 2 is 2.24 bits per heavy atom. The van der Waals surface area contributed by atoms with Gasteiger partial charge in [0, 0.05) is 5.02 Å². The normalized spacial score (nSPS) is 13.0. The van der Waals surface area contributed by atoms with Crippen LogP contribution in [0.4, 0.5) is 0 Å². The summed E-state index contributed by atoms with van der Waals surface area (Å²) in [4.78, 5) is 0. The molecule has 0 aliphatic rings. The zero-order valence-corrected chi connectivity index (χ0v) is 10.8. The number of nitriles is 1. The highest BCUT2D eigenvalue weighted by atomic mass is 35.5. The lowest BCUT2D eigenvalue weighted by molar-refractivity contribution is 0.311. The monoisotopic (exact) mass is 273 g/mol. The lowest BCUT2D eigenvalue weighted by Gasteiger charge is -2.09. The Hall–Kier alpha value is -1.09. The van der Waals surface area contributed by atoms with Gasteiger partial charge in [-0.1, -0.05) is 23.7 Å². The van der Waals surface area contributed by atoms with E-state index >= 15 is 0 Å². The number of hydrogen-bond acceptors (Lipinski definition) is 4. The molecule has 4 nitrogen and oxygen atoms in total. The fraction of sp³-hybridized carbons (Fsp3) is 0.364. The molecule has 0 heterocycles. The smallest absolute Gasteiger partial charge is 0.264 e. The summed E-state index contributed by atoms with van der Waals surface area (Å²) in [7, 11) is -3.45. The van der Waals surface area contributed by atoms with E-state index in [2.05, 4.69) is 10.3 Å². The third-order valence-corrected chi connectivity index (χ3v) is 2.94. The van der Waals surface area contributed by atoms with Crippen molar-refractivity contribution in [3.63, 3.8) is 0 Å². The topological polar surface area (TPSA) is 67.2 Å². The maximum Gasteiger partial charge on any atom is 0.264 e. The summed E-state index contributed by atoms with van der Waals surface area (Å²) in [6.07, 6.45) is 1.29. The number of rotatable bonds is 5. The van der Waals surface area contributed by atoms with E-state index in [-0.39, 0.29) is 6.61 Å². The molecule has 6 heteroatoms. The summed E-state index contributed by atoms with van der Waals surface area (Å²) >= 11 is 5.82. The van der Waals surface area contributed by atoms with Crippen molar-refractivity contribution in [2.45, 2.75) is 12.3 Å². The van der Waals surface area contributed by atoms with E-state index in [1.54, 1.807) is 24.3 Å². The molecule has 1 aromatic carbocycles. The second kappa shape index (κ2) is 6.01. The van der Waals surface area contributed by atoms with Gasteiger partial charge >= 0.3 is 0 Å². The first kappa shape index (κ1) is 14.0.